The molecule has 0 radical (unpaired) electrons. The summed E-state index contributed by atoms with van der Waals surface area (Å²) in [6, 6.07) is 0. The van der Waals surface area contributed by atoms with Crippen LogP contribution in [0.15, 0.2) is 158 Å². The number of ether oxygens (including phenoxy) is 4. The van der Waals surface area contributed by atoms with Crippen LogP contribution < -0.4 is 0 Å². The Morgan fingerprint density at radius 1 is 0.294 bits per heavy atom. The van der Waals surface area contributed by atoms with E-state index in [0.717, 1.165) is 135 Å². The van der Waals surface area contributed by atoms with Gasteiger partial charge in [0.15, 0.2) is 12.2 Å². The number of phosphoric acid groups is 2. The van der Waals surface area contributed by atoms with Crippen molar-refractivity contribution < 1.29 is 80.2 Å². The number of unbranched alkanes of at least 4 members (excludes halogenated alkanes) is 20. The zero-order valence-corrected chi connectivity index (χ0v) is 65.0. The number of carbonyl (C=O) groups excluding carboxylic acids is 4. The molecule has 102 heavy (non-hydrogen) atoms. The van der Waals surface area contributed by atoms with E-state index in [1.165, 1.54) is 64.2 Å². The standard InChI is InChI=1S/C83H136O17P2/c1-5-9-13-17-21-25-29-33-37-38-42-44-48-52-56-60-64-68-81(86)94-74-79(100-83(88)70-66-62-58-54-50-46-41-36-32-28-24-20-16-12-8-4)76-98-102(91,92)96-72-77(84)71-95-101(89,90)97-75-78(99-82(87)69-65-61-57-53-49-45-40-35-31-27-23-19-15-11-7-3)73-93-80(85)67-63-59-55-51-47-43-39-34-30-26-22-18-14-10-6-2/h9-11,13-15,21-23,25-27,33-35,37,39-40,42,44,47,51-52,56,59,63,77-79,84H,5-8,12,16-20,24,28-32,36,38,41,43,45-46,48-50,53-55,57-58,60-62,64-76H2,1-4H3,(H,89,90)(H,91,92)/b13-9-,14-10-,15-11-,25-21-,26-22-,27-23-,37-33-,39-34-,40-35-,44-42-,51-47-,56-52-,63-59-. The number of aliphatic hydroxyl groups is 1. The highest BCUT2D eigenvalue weighted by Gasteiger charge is 2.30. The second-order valence-electron chi connectivity index (χ2n) is 25.2. The van der Waals surface area contributed by atoms with Crippen LogP contribution in [0.2, 0.25) is 0 Å². The van der Waals surface area contributed by atoms with E-state index in [0.29, 0.717) is 32.1 Å². The minimum absolute atomic E-state index is 0.0500. The molecule has 580 valence electrons. The quantitative estimate of drug-likeness (QED) is 0.0169. The molecular weight excluding hydrogens is 1330 g/mol. The van der Waals surface area contributed by atoms with Gasteiger partial charge in [0.25, 0.3) is 0 Å². The van der Waals surface area contributed by atoms with Crippen LogP contribution in [0.5, 0.6) is 0 Å². The number of carbonyl (C=O) groups is 4. The van der Waals surface area contributed by atoms with Gasteiger partial charge in [-0.05, 0) is 122 Å². The van der Waals surface area contributed by atoms with Crippen LogP contribution in [-0.4, -0.2) is 96.7 Å². The first-order chi connectivity index (χ1) is 49.7. The molecule has 0 aliphatic heterocycles. The number of hydrogen-bond acceptors (Lipinski definition) is 15. The molecule has 0 aromatic carbocycles. The van der Waals surface area contributed by atoms with Crippen molar-refractivity contribution in [1.29, 1.82) is 0 Å². The molecule has 5 atom stereocenters. The monoisotopic (exact) mass is 1470 g/mol. The molecule has 0 bridgehead atoms. The van der Waals surface area contributed by atoms with Crippen LogP contribution in [0.3, 0.4) is 0 Å². The average molecular weight is 1470 g/mol. The van der Waals surface area contributed by atoms with Crippen molar-refractivity contribution in [3.8, 4) is 0 Å². The Hall–Kier alpha value is -5.32. The average Bonchev–Trinajstić information content (AvgIpc) is 0.923. The van der Waals surface area contributed by atoms with Gasteiger partial charge in [-0.15, -0.1) is 0 Å². The van der Waals surface area contributed by atoms with E-state index < -0.39 is 97.5 Å². The summed E-state index contributed by atoms with van der Waals surface area (Å²) >= 11 is 0. The maximum Gasteiger partial charge on any atom is 0.472 e. The predicted octanol–water partition coefficient (Wildman–Crippen LogP) is 22.4. The van der Waals surface area contributed by atoms with Crippen LogP contribution in [0.25, 0.3) is 0 Å². The van der Waals surface area contributed by atoms with Gasteiger partial charge in [0.2, 0.25) is 0 Å². The molecule has 0 saturated carbocycles. The molecule has 0 spiro atoms. The number of allylic oxidation sites excluding steroid dienone is 25. The van der Waals surface area contributed by atoms with Gasteiger partial charge >= 0.3 is 39.5 Å². The number of aliphatic hydroxyl groups excluding tert-OH is 1. The zero-order chi connectivity index (χ0) is 74.6. The molecule has 0 aliphatic rings. The number of esters is 4. The van der Waals surface area contributed by atoms with Crippen molar-refractivity contribution in [3.05, 3.63) is 158 Å². The smallest absolute Gasteiger partial charge is 0.462 e. The lowest BCUT2D eigenvalue weighted by Crippen LogP contribution is -2.30. The summed E-state index contributed by atoms with van der Waals surface area (Å²) in [6.07, 6.45) is 85.5. The molecule has 0 aliphatic carbocycles. The highest BCUT2D eigenvalue weighted by atomic mass is 31.2. The maximum absolute atomic E-state index is 13.1. The molecule has 0 rings (SSSR count). The summed E-state index contributed by atoms with van der Waals surface area (Å²) < 4.78 is 68.3. The number of phosphoric ester groups is 2. The van der Waals surface area contributed by atoms with Crippen molar-refractivity contribution in [3.63, 3.8) is 0 Å². The zero-order valence-electron chi connectivity index (χ0n) is 63.2. The molecule has 0 aromatic heterocycles. The first-order valence-electron chi connectivity index (χ1n) is 38.7. The van der Waals surface area contributed by atoms with Crippen LogP contribution in [0.1, 0.15) is 285 Å². The van der Waals surface area contributed by atoms with Crippen molar-refractivity contribution >= 4 is 39.5 Å². The Morgan fingerprint density at radius 3 is 0.902 bits per heavy atom. The lowest BCUT2D eigenvalue weighted by atomic mass is 10.0. The second kappa shape index (κ2) is 74.0. The van der Waals surface area contributed by atoms with E-state index >= 15 is 0 Å². The Kier molecular flexibility index (Phi) is 70.1. The molecule has 0 aromatic rings. The molecule has 0 saturated heterocycles. The largest absolute Gasteiger partial charge is 0.472 e. The fourth-order valence-electron chi connectivity index (χ4n) is 9.75. The van der Waals surface area contributed by atoms with E-state index in [-0.39, 0.29) is 25.7 Å². The Balaban J connectivity index is 5.49. The first-order valence-corrected chi connectivity index (χ1v) is 41.7. The van der Waals surface area contributed by atoms with Crippen molar-refractivity contribution in [2.45, 2.75) is 303 Å². The fraction of sp³-hybridized carbons (Fsp3) is 0.639. The minimum atomic E-state index is -5.01. The summed E-state index contributed by atoms with van der Waals surface area (Å²) in [5, 5.41) is 10.6. The summed E-state index contributed by atoms with van der Waals surface area (Å²) in [5.41, 5.74) is 0. The van der Waals surface area contributed by atoms with Gasteiger partial charge in [-0.3, -0.25) is 37.3 Å². The third-order valence-electron chi connectivity index (χ3n) is 15.5. The van der Waals surface area contributed by atoms with E-state index in [1.54, 1.807) is 6.08 Å². The second-order valence-corrected chi connectivity index (χ2v) is 28.1. The predicted molar refractivity (Wildman–Crippen MR) is 417 cm³/mol. The molecule has 0 amide bonds. The van der Waals surface area contributed by atoms with E-state index in [4.69, 9.17) is 37.0 Å². The summed E-state index contributed by atoms with van der Waals surface area (Å²) in [5.74, 6) is -2.42. The topological polar surface area (TPSA) is 237 Å². The third kappa shape index (κ3) is 73.0. The molecule has 19 heteroatoms. The maximum atomic E-state index is 13.1. The molecule has 3 N–H and O–H groups in total. The van der Waals surface area contributed by atoms with Crippen LogP contribution in [0.4, 0.5) is 0 Å². The van der Waals surface area contributed by atoms with Crippen LogP contribution in [0, 0.1) is 0 Å². The normalized spacial score (nSPS) is 14.8. The lowest BCUT2D eigenvalue weighted by Gasteiger charge is -2.21. The third-order valence-corrected chi connectivity index (χ3v) is 17.4. The van der Waals surface area contributed by atoms with Gasteiger partial charge in [-0.25, -0.2) is 9.13 Å². The fourth-order valence-corrected chi connectivity index (χ4v) is 11.3. The summed E-state index contributed by atoms with van der Waals surface area (Å²) in [4.78, 5) is 72.9. The highest BCUT2D eigenvalue weighted by Crippen LogP contribution is 2.45. The van der Waals surface area contributed by atoms with Crippen molar-refractivity contribution in [2.75, 3.05) is 39.6 Å². The van der Waals surface area contributed by atoms with Gasteiger partial charge in [-0.2, -0.15) is 0 Å². The van der Waals surface area contributed by atoms with E-state index in [1.807, 2.05) is 30.4 Å². The number of rotatable bonds is 71. The summed E-state index contributed by atoms with van der Waals surface area (Å²) in [7, 11) is -10.0. The molecule has 0 fully saturated rings. The van der Waals surface area contributed by atoms with Gasteiger partial charge in [0, 0.05) is 19.3 Å². The Bertz CT molecular complexity index is 2550. The molecule has 17 nitrogen and oxygen atoms in total. The Labute approximate surface area is 617 Å². The van der Waals surface area contributed by atoms with Gasteiger partial charge in [0.05, 0.1) is 32.8 Å². The van der Waals surface area contributed by atoms with E-state index in [9.17, 15) is 43.2 Å². The van der Waals surface area contributed by atoms with E-state index in [2.05, 4.69) is 149 Å². The number of hydrogen-bond donors (Lipinski definition) is 3. The van der Waals surface area contributed by atoms with Crippen LogP contribution >= 0.6 is 15.6 Å². The molecular formula is C83H136O17P2. The highest BCUT2D eigenvalue weighted by molar-refractivity contribution is 7.47. The van der Waals surface area contributed by atoms with Gasteiger partial charge in [-0.1, -0.05) is 295 Å². The Morgan fingerprint density at radius 2 is 0.559 bits per heavy atom. The van der Waals surface area contributed by atoms with Crippen molar-refractivity contribution in [1.82, 2.24) is 0 Å². The molecule has 5 unspecified atom stereocenters. The van der Waals surface area contributed by atoms with Crippen LogP contribution in [-0.2, 0) is 65.4 Å². The summed E-state index contributed by atoms with van der Waals surface area (Å²) in [6.45, 7) is 4.33. The SMILES string of the molecule is CC/C=C\C/C=C\C/C=C\C/C=C\C/C=C\CCCC(=O)OCC(COP(=O)(O)OCC(O)COP(=O)(O)OCC(COC(=O)C/C=C\C/C=C\C/C=C\C/C=C\C/C=C\CC)OC(=O)CCCCCCC/C=C\C/C=C\C/C=C\CC)OC(=O)CCCCCCCCCCCCCCCCC. The first kappa shape index (κ1) is 96.7. The molecule has 0 heterocycles. The van der Waals surface area contributed by atoms with Crippen molar-refractivity contribution in [2.24, 2.45) is 0 Å². The van der Waals surface area contributed by atoms with Gasteiger partial charge in [0.1, 0.15) is 19.3 Å². The lowest BCUT2D eigenvalue weighted by molar-refractivity contribution is -0.161. The van der Waals surface area contributed by atoms with Gasteiger partial charge < -0.3 is 33.8 Å². The minimum Gasteiger partial charge on any atom is -0.462 e.